The fourth-order valence-electron chi connectivity index (χ4n) is 5.79. The van der Waals surface area contributed by atoms with Gasteiger partial charge in [0.2, 0.25) is 11.8 Å². The van der Waals surface area contributed by atoms with Crippen molar-refractivity contribution in [2.75, 3.05) is 43.5 Å². The lowest BCUT2D eigenvalue weighted by molar-refractivity contribution is -0.138. The van der Waals surface area contributed by atoms with Gasteiger partial charge < -0.3 is 30.9 Å². The van der Waals surface area contributed by atoms with E-state index < -0.39 is 0 Å². The van der Waals surface area contributed by atoms with Gasteiger partial charge in [0.1, 0.15) is 5.75 Å². The molecule has 2 aliphatic carbocycles. The Hall–Kier alpha value is -3.59. The molecule has 3 amide bonds. The van der Waals surface area contributed by atoms with Crippen LogP contribution in [0.5, 0.6) is 5.75 Å². The molecular formula is C31H41N5O4. The fraction of sp³-hybridized carbons (Fsp3) is 0.516. The van der Waals surface area contributed by atoms with E-state index in [4.69, 9.17) is 10.5 Å². The Balaban J connectivity index is 1.30. The maximum Gasteiger partial charge on any atom is 0.251 e. The van der Waals surface area contributed by atoms with Crippen LogP contribution in [0.2, 0.25) is 0 Å². The Morgan fingerprint density at radius 1 is 0.925 bits per heavy atom. The first-order valence-electron chi connectivity index (χ1n) is 14.6. The van der Waals surface area contributed by atoms with Crippen molar-refractivity contribution in [1.29, 1.82) is 0 Å². The number of piperazine rings is 1. The van der Waals surface area contributed by atoms with E-state index in [0.717, 1.165) is 61.9 Å². The normalized spacial score (nSPS) is 21.4. The molecule has 1 aliphatic heterocycles. The molecule has 214 valence electrons. The predicted molar refractivity (Wildman–Crippen MR) is 156 cm³/mol. The number of methoxy groups -OCH3 is 1. The second kappa shape index (κ2) is 12.7. The summed E-state index contributed by atoms with van der Waals surface area (Å²) in [6.07, 6.45) is 6.91. The van der Waals surface area contributed by atoms with Crippen molar-refractivity contribution < 1.29 is 19.1 Å². The summed E-state index contributed by atoms with van der Waals surface area (Å²) < 4.78 is 5.22. The Labute approximate surface area is 236 Å². The van der Waals surface area contributed by atoms with Gasteiger partial charge in [0, 0.05) is 49.7 Å². The third kappa shape index (κ3) is 6.75. The predicted octanol–water partition coefficient (Wildman–Crippen LogP) is 3.32. The maximum absolute atomic E-state index is 13.2. The van der Waals surface area contributed by atoms with Gasteiger partial charge in [0.05, 0.1) is 24.9 Å². The van der Waals surface area contributed by atoms with Gasteiger partial charge in [-0.15, -0.1) is 0 Å². The third-order valence-corrected chi connectivity index (χ3v) is 8.55. The summed E-state index contributed by atoms with van der Waals surface area (Å²) in [6, 6.07) is 13.3. The van der Waals surface area contributed by atoms with Gasteiger partial charge in [-0.3, -0.25) is 14.4 Å². The first-order chi connectivity index (χ1) is 19.4. The van der Waals surface area contributed by atoms with Crippen molar-refractivity contribution in [3.63, 3.8) is 0 Å². The van der Waals surface area contributed by atoms with Crippen LogP contribution in [0.25, 0.3) is 0 Å². The lowest BCUT2D eigenvalue weighted by Gasteiger charge is -2.39. The molecule has 5 rings (SSSR count). The molecule has 40 heavy (non-hydrogen) atoms. The number of nitrogens with one attached hydrogen (secondary N) is 2. The van der Waals surface area contributed by atoms with Gasteiger partial charge in [0.25, 0.3) is 5.91 Å². The standard InChI is InChI=1S/C31H41N5O4/c1-40-26-12-5-21(6-13-26)19-29(37)34-27-20-23(30(38)33-25-10-8-24(32)9-11-25)7-14-28(27)35-15-17-36(18-16-35)31(39)22-3-2-4-22/h5-7,12-14,20,22,24-25H,2-4,8-11,15-19,32H2,1H3,(H,33,38)(H,34,37). The number of amides is 3. The summed E-state index contributed by atoms with van der Waals surface area (Å²) >= 11 is 0. The van der Waals surface area contributed by atoms with Gasteiger partial charge in [-0.1, -0.05) is 18.6 Å². The number of benzene rings is 2. The number of anilines is 2. The molecule has 2 aromatic carbocycles. The van der Waals surface area contributed by atoms with Crippen molar-refractivity contribution in [3.8, 4) is 5.75 Å². The SMILES string of the molecule is COc1ccc(CC(=O)Nc2cc(C(=O)NC3CCC(N)CC3)ccc2N2CCN(C(=O)C3CCC3)CC2)cc1. The Kier molecular flexibility index (Phi) is 8.89. The molecular weight excluding hydrogens is 506 g/mol. The molecule has 1 saturated heterocycles. The molecule has 3 fully saturated rings. The zero-order chi connectivity index (χ0) is 28.1. The van der Waals surface area contributed by atoms with Gasteiger partial charge in [0.15, 0.2) is 0 Å². The van der Waals surface area contributed by atoms with Crippen LogP contribution in [0.1, 0.15) is 60.9 Å². The first-order valence-corrected chi connectivity index (χ1v) is 14.6. The van der Waals surface area contributed by atoms with Crippen molar-refractivity contribution in [3.05, 3.63) is 53.6 Å². The monoisotopic (exact) mass is 547 g/mol. The summed E-state index contributed by atoms with van der Waals surface area (Å²) in [5.41, 5.74) is 8.87. The Morgan fingerprint density at radius 2 is 1.62 bits per heavy atom. The van der Waals surface area contributed by atoms with Crippen LogP contribution in [0.3, 0.4) is 0 Å². The molecule has 1 heterocycles. The van der Waals surface area contributed by atoms with Crippen molar-refractivity contribution in [2.24, 2.45) is 11.7 Å². The van der Waals surface area contributed by atoms with Crippen LogP contribution in [-0.4, -0.2) is 68.0 Å². The van der Waals surface area contributed by atoms with E-state index in [1.54, 1.807) is 13.2 Å². The smallest absolute Gasteiger partial charge is 0.251 e. The first kappa shape index (κ1) is 28.0. The van der Waals surface area contributed by atoms with E-state index in [-0.39, 0.29) is 42.1 Å². The summed E-state index contributed by atoms with van der Waals surface area (Å²) in [5.74, 6) is 0.893. The van der Waals surface area contributed by atoms with Crippen LogP contribution in [-0.2, 0) is 16.0 Å². The van der Waals surface area contributed by atoms with Crippen LogP contribution in [0.4, 0.5) is 11.4 Å². The van der Waals surface area contributed by atoms with Crippen LogP contribution in [0, 0.1) is 5.92 Å². The van der Waals surface area contributed by atoms with Crippen molar-refractivity contribution in [2.45, 2.75) is 63.5 Å². The zero-order valence-corrected chi connectivity index (χ0v) is 23.4. The van der Waals surface area contributed by atoms with Gasteiger partial charge in [-0.2, -0.15) is 0 Å². The molecule has 3 aliphatic rings. The highest BCUT2D eigenvalue weighted by Gasteiger charge is 2.32. The van der Waals surface area contributed by atoms with E-state index in [2.05, 4.69) is 15.5 Å². The number of hydrogen-bond acceptors (Lipinski definition) is 6. The molecule has 0 atom stereocenters. The average Bonchev–Trinajstić information content (AvgIpc) is 2.94. The van der Waals surface area contributed by atoms with E-state index >= 15 is 0 Å². The molecule has 0 unspecified atom stereocenters. The summed E-state index contributed by atoms with van der Waals surface area (Å²) in [5, 5.41) is 6.22. The maximum atomic E-state index is 13.2. The highest BCUT2D eigenvalue weighted by Crippen LogP contribution is 2.31. The van der Waals surface area contributed by atoms with Gasteiger partial charge in [-0.05, 0) is 74.4 Å². The zero-order valence-electron chi connectivity index (χ0n) is 23.4. The van der Waals surface area contributed by atoms with Crippen molar-refractivity contribution in [1.82, 2.24) is 10.2 Å². The molecule has 2 saturated carbocycles. The van der Waals surface area contributed by atoms with E-state index in [1.165, 1.54) is 0 Å². The molecule has 9 nitrogen and oxygen atoms in total. The third-order valence-electron chi connectivity index (χ3n) is 8.55. The van der Waals surface area contributed by atoms with Crippen LogP contribution < -0.4 is 26.0 Å². The number of carbonyl (C=O) groups is 3. The number of hydrogen-bond donors (Lipinski definition) is 3. The minimum atomic E-state index is -0.163. The van der Waals surface area contributed by atoms with E-state index in [1.807, 2.05) is 41.3 Å². The lowest BCUT2D eigenvalue weighted by Crippen LogP contribution is -2.51. The number of rotatable bonds is 8. The summed E-state index contributed by atoms with van der Waals surface area (Å²) in [6.45, 7) is 2.66. The topological polar surface area (TPSA) is 117 Å². The number of nitrogens with two attached hydrogens (primary N) is 1. The Morgan fingerprint density at radius 3 is 2.25 bits per heavy atom. The molecule has 4 N–H and O–H groups in total. The number of nitrogens with zero attached hydrogens (tertiary/aromatic N) is 2. The highest BCUT2D eigenvalue weighted by molar-refractivity contribution is 6.00. The fourth-order valence-corrected chi connectivity index (χ4v) is 5.79. The van der Waals surface area contributed by atoms with E-state index in [0.29, 0.717) is 37.4 Å². The van der Waals surface area contributed by atoms with Crippen LogP contribution >= 0.6 is 0 Å². The average molecular weight is 548 g/mol. The number of ether oxygens (including phenoxy) is 1. The molecule has 0 spiro atoms. The minimum Gasteiger partial charge on any atom is -0.497 e. The molecule has 2 aromatic rings. The van der Waals surface area contributed by atoms with Gasteiger partial charge >= 0.3 is 0 Å². The van der Waals surface area contributed by atoms with Crippen LogP contribution in [0.15, 0.2) is 42.5 Å². The number of carbonyl (C=O) groups excluding carboxylic acids is 3. The van der Waals surface area contributed by atoms with Gasteiger partial charge in [-0.25, -0.2) is 0 Å². The summed E-state index contributed by atoms with van der Waals surface area (Å²) in [7, 11) is 1.61. The van der Waals surface area contributed by atoms with Crippen molar-refractivity contribution >= 4 is 29.1 Å². The molecule has 0 radical (unpaired) electrons. The second-order valence-electron chi connectivity index (χ2n) is 11.3. The second-order valence-corrected chi connectivity index (χ2v) is 11.3. The quantitative estimate of drug-likeness (QED) is 0.467. The molecule has 9 heteroatoms. The van der Waals surface area contributed by atoms with E-state index in [9.17, 15) is 14.4 Å². The molecule has 0 bridgehead atoms. The lowest BCUT2D eigenvalue weighted by atomic mass is 9.84. The largest absolute Gasteiger partial charge is 0.497 e. The summed E-state index contributed by atoms with van der Waals surface area (Å²) in [4.78, 5) is 43.2. The Bertz CT molecular complexity index is 1200. The minimum absolute atomic E-state index is 0.112. The molecule has 0 aromatic heterocycles. The highest BCUT2D eigenvalue weighted by atomic mass is 16.5.